The molecule has 1 unspecified atom stereocenters. The average Bonchev–Trinajstić information content (AvgIpc) is 2.62. The summed E-state index contributed by atoms with van der Waals surface area (Å²) in [5.41, 5.74) is 0.922. The molecule has 0 radical (unpaired) electrons. The Labute approximate surface area is 145 Å². The molecule has 7 nitrogen and oxygen atoms in total. The Balaban J connectivity index is 1.78. The second-order valence-corrected chi connectivity index (χ2v) is 5.71. The van der Waals surface area contributed by atoms with Gasteiger partial charge in [-0.05, 0) is 24.7 Å². The predicted octanol–water partition coefficient (Wildman–Crippen LogP) is 2.58. The third-order valence-corrected chi connectivity index (χ3v) is 3.84. The van der Waals surface area contributed by atoms with Gasteiger partial charge >= 0.3 is 0 Å². The van der Waals surface area contributed by atoms with Gasteiger partial charge in [-0.2, -0.15) is 0 Å². The molecule has 0 bridgehead atoms. The van der Waals surface area contributed by atoms with Gasteiger partial charge in [-0.3, -0.25) is 10.1 Å². The van der Waals surface area contributed by atoms with E-state index in [9.17, 15) is 10.1 Å². The van der Waals surface area contributed by atoms with E-state index in [0.29, 0.717) is 43.4 Å². The molecular formula is C18H20N2O5. The van der Waals surface area contributed by atoms with Crippen LogP contribution in [0.4, 0.5) is 5.69 Å². The molecule has 7 heteroatoms. The van der Waals surface area contributed by atoms with Gasteiger partial charge in [0.2, 0.25) is 5.75 Å². The van der Waals surface area contributed by atoms with Crippen molar-refractivity contribution in [2.75, 3.05) is 26.8 Å². The van der Waals surface area contributed by atoms with Crippen molar-refractivity contribution in [1.82, 2.24) is 5.32 Å². The number of hydrogen-bond acceptors (Lipinski definition) is 6. The Morgan fingerprint density at radius 1 is 1.24 bits per heavy atom. The van der Waals surface area contributed by atoms with E-state index < -0.39 is 4.92 Å². The third kappa shape index (κ3) is 4.19. The minimum atomic E-state index is -0.393. The summed E-state index contributed by atoms with van der Waals surface area (Å²) in [7, 11) is 1.84. The number of benzene rings is 2. The van der Waals surface area contributed by atoms with Crippen LogP contribution in [0.1, 0.15) is 5.56 Å². The Morgan fingerprint density at radius 2 is 2.04 bits per heavy atom. The van der Waals surface area contributed by atoms with Crippen molar-refractivity contribution in [2.45, 2.75) is 12.5 Å². The molecule has 0 saturated heterocycles. The number of nitro groups is 1. The minimum absolute atomic E-state index is 0.0783. The summed E-state index contributed by atoms with van der Waals surface area (Å²) in [5, 5.41) is 14.0. The second-order valence-electron chi connectivity index (χ2n) is 5.71. The van der Waals surface area contributed by atoms with Crippen LogP contribution in [0.25, 0.3) is 0 Å². The second kappa shape index (κ2) is 7.85. The number of rotatable bonds is 7. The van der Waals surface area contributed by atoms with Gasteiger partial charge in [-0.15, -0.1) is 0 Å². The molecule has 2 aromatic carbocycles. The number of hydrogen-bond donors (Lipinski definition) is 1. The normalized spacial score (nSPS) is 14.0. The van der Waals surface area contributed by atoms with E-state index in [-0.39, 0.29) is 11.8 Å². The molecule has 0 spiro atoms. The van der Waals surface area contributed by atoms with Crippen molar-refractivity contribution in [3.05, 3.63) is 58.1 Å². The maximum atomic E-state index is 10.9. The fourth-order valence-corrected chi connectivity index (χ4v) is 2.76. The highest BCUT2D eigenvalue weighted by atomic mass is 16.6. The molecule has 0 amide bonds. The van der Waals surface area contributed by atoms with Crippen LogP contribution in [0.2, 0.25) is 0 Å². The first-order chi connectivity index (χ1) is 12.2. The number of nitro benzene ring substituents is 1. The van der Waals surface area contributed by atoms with E-state index in [1.54, 1.807) is 12.1 Å². The molecule has 0 fully saturated rings. The summed E-state index contributed by atoms with van der Waals surface area (Å²) in [6.07, 6.45) is 0.330. The van der Waals surface area contributed by atoms with Gasteiger partial charge in [-0.1, -0.05) is 18.2 Å². The molecule has 0 aliphatic carbocycles. The molecule has 3 rings (SSSR count). The molecule has 0 aromatic heterocycles. The lowest BCUT2D eigenvalue weighted by Gasteiger charge is -2.24. The maximum absolute atomic E-state index is 10.9. The summed E-state index contributed by atoms with van der Waals surface area (Å²) < 4.78 is 17.4. The van der Waals surface area contributed by atoms with Crippen molar-refractivity contribution in [3.63, 3.8) is 0 Å². The first kappa shape index (κ1) is 17.0. The molecule has 1 N–H and O–H groups in total. The van der Waals surface area contributed by atoms with Gasteiger partial charge in [-0.25, -0.2) is 0 Å². The summed E-state index contributed by atoms with van der Waals surface area (Å²) >= 11 is 0. The zero-order valence-corrected chi connectivity index (χ0v) is 13.9. The molecule has 132 valence electrons. The van der Waals surface area contributed by atoms with Gasteiger partial charge in [0.05, 0.1) is 4.92 Å². The fourth-order valence-electron chi connectivity index (χ4n) is 2.76. The minimum Gasteiger partial charge on any atom is -0.486 e. The first-order valence-electron chi connectivity index (χ1n) is 8.10. The molecule has 2 aromatic rings. The van der Waals surface area contributed by atoms with E-state index in [1.807, 2.05) is 31.3 Å². The number of ether oxygens (including phenoxy) is 3. The van der Waals surface area contributed by atoms with Gasteiger partial charge in [0, 0.05) is 25.1 Å². The van der Waals surface area contributed by atoms with Crippen LogP contribution in [-0.2, 0) is 6.42 Å². The van der Waals surface area contributed by atoms with Crippen molar-refractivity contribution < 1.29 is 19.1 Å². The SMILES string of the molecule is CNCC(Cc1cccc([N+](=O)[O-])c1)Oc1cccc2c1OCCO2. The maximum Gasteiger partial charge on any atom is 0.269 e. The van der Waals surface area contributed by atoms with Gasteiger partial charge in [0.25, 0.3) is 5.69 Å². The summed E-state index contributed by atoms with van der Waals surface area (Å²) in [6.45, 7) is 1.59. The fraction of sp³-hybridized carbons (Fsp3) is 0.333. The van der Waals surface area contributed by atoms with Gasteiger partial charge in [0.1, 0.15) is 19.3 Å². The molecule has 1 heterocycles. The lowest BCUT2D eigenvalue weighted by Crippen LogP contribution is -2.31. The highest BCUT2D eigenvalue weighted by Gasteiger charge is 2.20. The van der Waals surface area contributed by atoms with E-state index in [2.05, 4.69) is 5.32 Å². The van der Waals surface area contributed by atoms with Crippen LogP contribution >= 0.6 is 0 Å². The highest BCUT2D eigenvalue weighted by molar-refractivity contribution is 5.52. The van der Waals surface area contributed by atoms with Crippen LogP contribution in [0.3, 0.4) is 0 Å². The van der Waals surface area contributed by atoms with Crippen LogP contribution in [0.15, 0.2) is 42.5 Å². The number of para-hydroxylation sites is 1. The van der Waals surface area contributed by atoms with E-state index in [1.165, 1.54) is 6.07 Å². The summed E-state index contributed by atoms with van der Waals surface area (Å²) in [6, 6.07) is 12.1. The first-order valence-corrected chi connectivity index (χ1v) is 8.10. The number of nitrogens with zero attached hydrogens (tertiary/aromatic N) is 1. The van der Waals surface area contributed by atoms with E-state index in [4.69, 9.17) is 14.2 Å². The standard InChI is InChI=1S/C18H20N2O5/c1-19-12-15(11-13-4-2-5-14(10-13)20(21)22)25-17-7-3-6-16-18(17)24-9-8-23-16/h2-7,10,15,19H,8-9,11-12H2,1H3. The van der Waals surface area contributed by atoms with Crippen molar-refractivity contribution in [1.29, 1.82) is 0 Å². The molecular weight excluding hydrogens is 324 g/mol. The van der Waals surface area contributed by atoms with Crippen molar-refractivity contribution >= 4 is 5.69 Å². The lowest BCUT2D eigenvalue weighted by atomic mass is 10.1. The van der Waals surface area contributed by atoms with Gasteiger partial charge < -0.3 is 19.5 Å². The zero-order chi connectivity index (χ0) is 17.6. The average molecular weight is 344 g/mol. The monoisotopic (exact) mass is 344 g/mol. The van der Waals surface area contributed by atoms with Crippen molar-refractivity contribution in [2.24, 2.45) is 0 Å². The third-order valence-electron chi connectivity index (χ3n) is 3.84. The van der Waals surface area contributed by atoms with Crippen molar-refractivity contribution in [3.8, 4) is 17.2 Å². The largest absolute Gasteiger partial charge is 0.486 e. The van der Waals surface area contributed by atoms with Crippen LogP contribution in [0, 0.1) is 10.1 Å². The molecule has 25 heavy (non-hydrogen) atoms. The van der Waals surface area contributed by atoms with Crippen LogP contribution in [0.5, 0.6) is 17.2 Å². The molecule has 1 aliphatic heterocycles. The molecule has 1 aliphatic rings. The zero-order valence-electron chi connectivity index (χ0n) is 13.9. The predicted molar refractivity (Wildman–Crippen MR) is 92.6 cm³/mol. The number of non-ortho nitro benzene ring substituents is 1. The summed E-state index contributed by atoms with van der Waals surface area (Å²) in [5.74, 6) is 1.89. The van der Waals surface area contributed by atoms with Gasteiger partial charge in [0.15, 0.2) is 11.5 Å². The number of fused-ring (bicyclic) bond motifs is 1. The smallest absolute Gasteiger partial charge is 0.269 e. The Kier molecular flexibility index (Phi) is 5.35. The van der Waals surface area contributed by atoms with Crippen LogP contribution < -0.4 is 19.5 Å². The van der Waals surface area contributed by atoms with Crippen LogP contribution in [-0.4, -0.2) is 37.8 Å². The Bertz CT molecular complexity index is 750. The van der Waals surface area contributed by atoms with E-state index in [0.717, 1.165) is 5.56 Å². The quantitative estimate of drug-likeness (QED) is 0.614. The highest BCUT2D eigenvalue weighted by Crippen LogP contribution is 2.39. The lowest BCUT2D eigenvalue weighted by molar-refractivity contribution is -0.384. The van der Waals surface area contributed by atoms with E-state index >= 15 is 0 Å². The topological polar surface area (TPSA) is 82.9 Å². The Hall–Kier alpha value is -2.80. The number of likely N-dealkylation sites (N-methyl/N-ethyl adjacent to an activating group) is 1. The molecule has 1 atom stereocenters. The number of nitrogens with one attached hydrogen (secondary N) is 1. The molecule has 0 saturated carbocycles. The summed E-state index contributed by atoms with van der Waals surface area (Å²) in [4.78, 5) is 10.6. The Morgan fingerprint density at radius 3 is 2.84 bits per heavy atom.